The molecular weight excluding hydrogens is 540 g/mol. The fourth-order valence-corrected chi connectivity index (χ4v) is 4.11. The average Bonchev–Trinajstić information content (AvgIpc) is 2.95. The van der Waals surface area contributed by atoms with Gasteiger partial charge in [-0.15, -0.1) is 0 Å². The molecule has 1 amide bonds. The molecule has 0 saturated carbocycles. The second-order valence-electron chi connectivity index (χ2n) is 9.97. The summed E-state index contributed by atoms with van der Waals surface area (Å²) in [7, 11) is 5.46. The molecule has 9 nitrogen and oxygen atoms in total. The summed E-state index contributed by atoms with van der Waals surface area (Å²) in [5.74, 6) is 1.12. The average molecular weight is 572 g/mol. The van der Waals surface area contributed by atoms with Crippen molar-refractivity contribution in [2.75, 3.05) is 44.9 Å². The van der Waals surface area contributed by atoms with Crippen molar-refractivity contribution in [3.8, 4) is 17.6 Å². The first-order valence-electron chi connectivity index (χ1n) is 13.0. The van der Waals surface area contributed by atoms with Crippen LogP contribution in [0.4, 0.5) is 17.1 Å². The number of nitrogens with zero attached hydrogens (tertiary/aromatic N) is 4. The van der Waals surface area contributed by atoms with Crippen molar-refractivity contribution in [3.05, 3.63) is 89.4 Å². The molecule has 0 spiro atoms. The van der Waals surface area contributed by atoms with Crippen LogP contribution in [0.3, 0.4) is 0 Å². The van der Waals surface area contributed by atoms with Crippen molar-refractivity contribution in [1.29, 1.82) is 5.26 Å². The number of fused-ring (bicyclic) bond motifs is 1. The lowest BCUT2D eigenvalue weighted by molar-refractivity contribution is -0.789. The van der Waals surface area contributed by atoms with E-state index in [-0.39, 0.29) is 17.0 Å². The number of carbonyl (C=O) groups excluding carboxylic acids is 1. The second kappa shape index (κ2) is 13.1. The van der Waals surface area contributed by atoms with Crippen molar-refractivity contribution < 1.29 is 18.8 Å². The van der Waals surface area contributed by atoms with Gasteiger partial charge in [0.25, 0.3) is 0 Å². The number of quaternary nitrogens is 1. The van der Waals surface area contributed by atoms with Crippen LogP contribution in [0.1, 0.15) is 18.2 Å². The Kier molecular flexibility index (Phi) is 9.40. The van der Waals surface area contributed by atoms with Crippen LogP contribution in [-0.2, 0) is 11.4 Å². The van der Waals surface area contributed by atoms with E-state index in [2.05, 4.69) is 26.7 Å². The molecule has 0 fully saturated rings. The highest BCUT2D eigenvalue weighted by Gasteiger charge is 2.17. The maximum absolute atomic E-state index is 12.2. The van der Waals surface area contributed by atoms with Gasteiger partial charge in [-0.05, 0) is 43.3 Å². The summed E-state index contributed by atoms with van der Waals surface area (Å²) < 4.78 is 11.9. The Morgan fingerprint density at radius 3 is 2.61 bits per heavy atom. The number of aromatic nitrogens is 2. The maximum Gasteiger partial charge on any atom is 0.337 e. The van der Waals surface area contributed by atoms with Gasteiger partial charge in [0, 0.05) is 42.2 Å². The predicted molar refractivity (Wildman–Crippen MR) is 162 cm³/mol. The van der Waals surface area contributed by atoms with Gasteiger partial charge < -0.3 is 20.1 Å². The molecule has 0 atom stereocenters. The monoisotopic (exact) mass is 571 g/mol. The lowest BCUT2D eigenvalue weighted by atomic mass is 10.1. The van der Waals surface area contributed by atoms with E-state index in [0.717, 1.165) is 5.69 Å². The molecule has 10 heteroatoms. The van der Waals surface area contributed by atoms with E-state index >= 15 is 0 Å². The van der Waals surface area contributed by atoms with Crippen LogP contribution >= 0.6 is 11.6 Å². The van der Waals surface area contributed by atoms with Gasteiger partial charge in [0.05, 0.1) is 60.9 Å². The number of hydrogen-bond donors (Lipinski definition) is 2. The lowest BCUT2D eigenvalue weighted by Gasteiger charge is -2.18. The Labute approximate surface area is 244 Å². The number of ether oxygens (including phenoxy) is 2. The SMILES string of the molecule is CCOc1cc2ncc(C#N)c(Nc3ccc(OCc4ccccn4)c(Cl)c3)c2cc1NC/C=C/C(=O)[N+](C)(C)C. The molecule has 0 aliphatic heterocycles. The molecule has 2 N–H and O–H groups in total. The zero-order chi connectivity index (χ0) is 29.4. The summed E-state index contributed by atoms with van der Waals surface area (Å²) in [5, 5.41) is 17.7. The fraction of sp³-hybridized carbons (Fsp3) is 0.226. The van der Waals surface area contributed by atoms with Crippen molar-refractivity contribution in [3.63, 3.8) is 0 Å². The molecule has 0 radical (unpaired) electrons. The van der Waals surface area contributed by atoms with E-state index in [1.807, 2.05) is 64.5 Å². The number of halogens is 1. The molecule has 0 aliphatic carbocycles. The molecule has 4 aromatic rings. The molecule has 0 unspecified atom stereocenters. The molecule has 0 saturated heterocycles. The van der Waals surface area contributed by atoms with Crippen LogP contribution in [0.5, 0.6) is 11.5 Å². The quantitative estimate of drug-likeness (QED) is 0.165. The van der Waals surface area contributed by atoms with Crippen molar-refractivity contribution in [2.45, 2.75) is 13.5 Å². The molecule has 2 aromatic carbocycles. The number of hydrogen-bond acceptors (Lipinski definition) is 8. The summed E-state index contributed by atoms with van der Waals surface area (Å²) in [6.07, 6.45) is 6.57. The lowest BCUT2D eigenvalue weighted by Crippen LogP contribution is -2.39. The number of amides is 1. The first kappa shape index (κ1) is 29.3. The minimum atomic E-state index is -0.0171. The topological polar surface area (TPSA) is 109 Å². The Morgan fingerprint density at radius 2 is 1.93 bits per heavy atom. The fourth-order valence-electron chi connectivity index (χ4n) is 3.88. The van der Waals surface area contributed by atoms with Gasteiger partial charge in [0.1, 0.15) is 24.2 Å². The van der Waals surface area contributed by atoms with Crippen LogP contribution in [-0.4, -0.2) is 54.7 Å². The zero-order valence-electron chi connectivity index (χ0n) is 23.4. The highest BCUT2D eigenvalue weighted by Crippen LogP contribution is 2.37. The largest absolute Gasteiger partial charge is 0.492 e. The van der Waals surface area contributed by atoms with Gasteiger partial charge in [-0.1, -0.05) is 23.7 Å². The summed E-state index contributed by atoms with van der Waals surface area (Å²) in [6, 6.07) is 16.9. The summed E-state index contributed by atoms with van der Waals surface area (Å²) in [5.41, 5.74) is 3.77. The Bertz CT molecular complexity index is 1610. The third-order valence-electron chi connectivity index (χ3n) is 6.02. The number of pyridine rings is 2. The van der Waals surface area contributed by atoms with Crippen LogP contribution < -0.4 is 20.1 Å². The Hall–Kier alpha value is -4.65. The first-order valence-corrected chi connectivity index (χ1v) is 13.4. The molecule has 41 heavy (non-hydrogen) atoms. The number of carbonyl (C=O) groups is 1. The predicted octanol–water partition coefficient (Wildman–Crippen LogP) is 6.08. The molecule has 4 rings (SSSR count). The van der Waals surface area contributed by atoms with Gasteiger partial charge in [-0.2, -0.15) is 5.26 Å². The Balaban J connectivity index is 1.61. The van der Waals surface area contributed by atoms with Crippen LogP contribution in [0.15, 0.2) is 73.1 Å². The van der Waals surface area contributed by atoms with Crippen molar-refractivity contribution in [2.24, 2.45) is 0 Å². The van der Waals surface area contributed by atoms with E-state index in [4.69, 9.17) is 21.1 Å². The van der Waals surface area contributed by atoms with E-state index < -0.39 is 0 Å². The number of anilines is 3. The highest BCUT2D eigenvalue weighted by atomic mass is 35.5. The molecule has 0 aliphatic rings. The van der Waals surface area contributed by atoms with Crippen molar-refractivity contribution >= 4 is 45.5 Å². The van der Waals surface area contributed by atoms with Gasteiger partial charge in [0.15, 0.2) is 0 Å². The standard InChI is InChI=1S/C31H32ClN6O3/c1-5-40-29-17-26-24(16-27(29)35-14-8-10-30(39)38(2,3)4)31(21(18-33)19-36-26)37-22-11-12-28(25(32)15-22)41-20-23-9-6-7-13-34-23/h6-13,15-17,19,35H,5,14,20H2,1-4H3,(H,36,37)/q+1/b10-8+. The smallest absolute Gasteiger partial charge is 0.337 e. The third kappa shape index (κ3) is 7.51. The van der Waals surface area contributed by atoms with Gasteiger partial charge >= 0.3 is 5.91 Å². The summed E-state index contributed by atoms with van der Waals surface area (Å²) in [4.78, 5) is 21.0. The molecule has 2 aromatic heterocycles. The minimum absolute atomic E-state index is 0.0171. The number of rotatable bonds is 11. The van der Waals surface area contributed by atoms with E-state index in [1.54, 1.807) is 30.5 Å². The van der Waals surface area contributed by atoms with Gasteiger partial charge in [0.2, 0.25) is 0 Å². The van der Waals surface area contributed by atoms with E-state index in [1.165, 1.54) is 6.20 Å². The second-order valence-corrected chi connectivity index (χ2v) is 10.4. The van der Waals surface area contributed by atoms with E-state index in [0.29, 0.717) is 63.2 Å². The van der Waals surface area contributed by atoms with Gasteiger partial charge in [-0.3, -0.25) is 14.5 Å². The van der Waals surface area contributed by atoms with E-state index in [9.17, 15) is 10.1 Å². The maximum atomic E-state index is 12.2. The van der Waals surface area contributed by atoms with Crippen LogP contribution in [0.25, 0.3) is 10.9 Å². The van der Waals surface area contributed by atoms with Crippen LogP contribution in [0.2, 0.25) is 5.02 Å². The normalized spacial score (nSPS) is 11.3. The highest BCUT2D eigenvalue weighted by molar-refractivity contribution is 6.32. The number of nitriles is 1. The molecular formula is C31H32ClN6O3+. The van der Waals surface area contributed by atoms with Crippen LogP contribution in [0, 0.1) is 11.3 Å². The minimum Gasteiger partial charge on any atom is -0.492 e. The first-order chi connectivity index (χ1) is 19.7. The van der Waals surface area contributed by atoms with Gasteiger partial charge in [-0.25, -0.2) is 4.79 Å². The summed E-state index contributed by atoms with van der Waals surface area (Å²) in [6.45, 7) is 3.06. The number of nitrogens with one attached hydrogen (secondary N) is 2. The Morgan fingerprint density at radius 1 is 1.10 bits per heavy atom. The molecule has 210 valence electrons. The zero-order valence-corrected chi connectivity index (χ0v) is 24.2. The van der Waals surface area contributed by atoms with Crippen molar-refractivity contribution in [1.82, 2.24) is 9.97 Å². The number of benzene rings is 2. The molecule has 0 bridgehead atoms. The summed E-state index contributed by atoms with van der Waals surface area (Å²) >= 11 is 6.53. The number of likely N-dealkylation sites (N-methyl/N-ethyl adjacent to an activating group) is 1. The molecule has 2 heterocycles. The third-order valence-corrected chi connectivity index (χ3v) is 6.32.